The number of aliphatic carboxylic acids is 1. The van der Waals surface area contributed by atoms with Crippen LogP contribution in [-0.2, 0) is 28.6 Å². The normalized spacial score (nSPS) is 26.7. The minimum atomic E-state index is -2.45. The fraction of sp³-hybridized carbons (Fsp3) is 0.893. The molecule has 2 saturated heterocycles. The van der Waals surface area contributed by atoms with Crippen LogP contribution in [-0.4, -0.2) is 47.6 Å². The maximum atomic E-state index is 12.2. The van der Waals surface area contributed by atoms with Gasteiger partial charge < -0.3 is 25.1 Å². The largest absolute Gasteiger partial charge is 0.477 e. The van der Waals surface area contributed by atoms with Crippen molar-refractivity contribution in [2.75, 3.05) is 6.61 Å². The van der Waals surface area contributed by atoms with Crippen molar-refractivity contribution in [3.63, 3.8) is 0 Å². The minimum absolute atomic E-state index is 0.0345. The second-order valence-electron chi connectivity index (χ2n) is 10.6. The molecule has 5 atom stereocenters. The van der Waals surface area contributed by atoms with Crippen LogP contribution in [0, 0.1) is 11.8 Å². The van der Waals surface area contributed by atoms with E-state index in [9.17, 15) is 19.5 Å². The first-order valence-corrected chi connectivity index (χ1v) is 14.4. The summed E-state index contributed by atoms with van der Waals surface area (Å²) in [6.07, 6.45) is 17.4. The molecular formula is C28H49NO7. The smallest absolute Gasteiger partial charge is 0.375 e. The van der Waals surface area contributed by atoms with Crippen molar-refractivity contribution in [3.8, 4) is 0 Å². The number of cyclic esters (lactones) is 1. The predicted molar refractivity (Wildman–Crippen MR) is 137 cm³/mol. The van der Waals surface area contributed by atoms with Crippen LogP contribution < -0.4 is 5.73 Å². The SMILES string of the molecule is CCCCCCCCCCCC(C[C@@H]1OC(=O)[C@H]1CCCCCC)C1CCO[C@](C(N)=O)(C(=O)O)O1. The van der Waals surface area contributed by atoms with Gasteiger partial charge in [0, 0.05) is 0 Å². The van der Waals surface area contributed by atoms with E-state index in [1.165, 1.54) is 44.9 Å². The fourth-order valence-electron chi connectivity index (χ4n) is 5.48. The number of carboxylic acids is 1. The van der Waals surface area contributed by atoms with Crippen molar-refractivity contribution >= 4 is 17.8 Å². The molecule has 3 N–H and O–H groups in total. The van der Waals surface area contributed by atoms with Gasteiger partial charge in [0.15, 0.2) is 0 Å². The Morgan fingerprint density at radius 2 is 1.56 bits per heavy atom. The highest BCUT2D eigenvalue weighted by atomic mass is 16.7. The van der Waals surface area contributed by atoms with Crippen LogP contribution in [0.5, 0.6) is 0 Å². The maximum absolute atomic E-state index is 12.2. The van der Waals surface area contributed by atoms with Crippen molar-refractivity contribution in [1.82, 2.24) is 0 Å². The number of carbonyl (C=O) groups is 3. The summed E-state index contributed by atoms with van der Waals surface area (Å²) in [5.74, 6) is -5.39. The quantitative estimate of drug-likeness (QED) is 0.126. The number of esters is 1. The first-order valence-electron chi connectivity index (χ1n) is 14.4. The molecule has 0 radical (unpaired) electrons. The van der Waals surface area contributed by atoms with Gasteiger partial charge in [-0.2, -0.15) is 0 Å². The number of carboxylic acid groups (broad SMARTS) is 1. The molecule has 0 spiro atoms. The van der Waals surface area contributed by atoms with Crippen LogP contribution in [0.2, 0.25) is 0 Å². The molecule has 2 fully saturated rings. The van der Waals surface area contributed by atoms with Gasteiger partial charge >= 0.3 is 17.7 Å². The molecule has 0 aromatic carbocycles. The number of amides is 1. The van der Waals surface area contributed by atoms with E-state index in [1.54, 1.807) is 0 Å². The van der Waals surface area contributed by atoms with E-state index in [0.29, 0.717) is 12.8 Å². The summed E-state index contributed by atoms with van der Waals surface area (Å²) in [7, 11) is 0. The van der Waals surface area contributed by atoms with Gasteiger partial charge in [-0.3, -0.25) is 9.59 Å². The van der Waals surface area contributed by atoms with E-state index < -0.39 is 23.8 Å². The molecule has 2 unspecified atom stereocenters. The third-order valence-corrected chi connectivity index (χ3v) is 7.76. The zero-order chi connectivity index (χ0) is 26.4. The summed E-state index contributed by atoms with van der Waals surface area (Å²) in [6.45, 7) is 4.47. The molecule has 8 heteroatoms. The van der Waals surface area contributed by atoms with E-state index in [2.05, 4.69) is 13.8 Å². The highest BCUT2D eigenvalue weighted by Gasteiger charge is 2.54. The van der Waals surface area contributed by atoms with Crippen LogP contribution in [0.25, 0.3) is 0 Å². The number of nitrogens with two attached hydrogens (primary N) is 1. The molecule has 1 amide bonds. The lowest BCUT2D eigenvalue weighted by Gasteiger charge is -2.42. The van der Waals surface area contributed by atoms with Crippen molar-refractivity contribution in [2.24, 2.45) is 17.6 Å². The third kappa shape index (κ3) is 9.02. The van der Waals surface area contributed by atoms with Crippen molar-refractivity contribution in [2.45, 2.75) is 141 Å². The fourth-order valence-corrected chi connectivity index (χ4v) is 5.48. The molecule has 2 rings (SSSR count). The number of primary amides is 1. The predicted octanol–water partition coefficient (Wildman–Crippen LogP) is 5.50. The number of ether oxygens (including phenoxy) is 3. The van der Waals surface area contributed by atoms with E-state index in [-0.39, 0.29) is 30.5 Å². The van der Waals surface area contributed by atoms with Gasteiger partial charge in [0.1, 0.15) is 6.10 Å². The summed E-state index contributed by atoms with van der Waals surface area (Å²) >= 11 is 0. The van der Waals surface area contributed by atoms with E-state index in [0.717, 1.165) is 51.4 Å². The molecule has 2 aliphatic heterocycles. The Morgan fingerprint density at radius 1 is 0.972 bits per heavy atom. The number of hydrogen-bond acceptors (Lipinski definition) is 6. The average molecular weight is 512 g/mol. The van der Waals surface area contributed by atoms with E-state index in [1.807, 2.05) is 0 Å². The van der Waals surface area contributed by atoms with Crippen molar-refractivity contribution in [1.29, 1.82) is 0 Å². The lowest BCUT2D eigenvalue weighted by Crippen LogP contribution is -2.60. The van der Waals surface area contributed by atoms with Gasteiger partial charge in [-0.15, -0.1) is 0 Å². The van der Waals surface area contributed by atoms with Gasteiger partial charge in [-0.1, -0.05) is 97.3 Å². The molecule has 2 aliphatic rings. The van der Waals surface area contributed by atoms with Gasteiger partial charge in [-0.25, -0.2) is 4.79 Å². The standard InChI is InChI=1S/C28H49NO7/c1-3-5-7-9-10-11-12-13-14-16-21(20-24-22(25(30)35-24)17-15-8-6-4-2)23-18-19-34-28(36-23,26(29)31)27(32)33/h21-24H,3-20H2,1-2H3,(H2,29,31)(H,32,33)/t21?,22-,23?,24-,28-/m0/s1. The average Bonchev–Trinajstić information content (AvgIpc) is 2.86. The number of carbonyl (C=O) groups excluding carboxylic acids is 2. The molecule has 208 valence electrons. The third-order valence-electron chi connectivity index (χ3n) is 7.76. The number of hydrogen-bond donors (Lipinski definition) is 2. The Kier molecular flexibility index (Phi) is 13.8. The molecule has 0 aromatic rings. The maximum Gasteiger partial charge on any atom is 0.375 e. The van der Waals surface area contributed by atoms with E-state index >= 15 is 0 Å². The highest BCUT2D eigenvalue weighted by molar-refractivity contribution is 6.03. The van der Waals surface area contributed by atoms with Gasteiger partial charge in [0.2, 0.25) is 0 Å². The summed E-state index contributed by atoms with van der Waals surface area (Å²) in [5, 5.41) is 9.65. The Bertz CT molecular complexity index is 669. The van der Waals surface area contributed by atoms with Crippen LogP contribution in [0.4, 0.5) is 0 Å². The van der Waals surface area contributed by atoms with Crippen LogP contribution >= 0.6 is 0 Å². The zero-order valence-corrected chi connectivity index (χ0v) is 22.5. The minimum Gasteiger partial charge on any atom is -0.477 e. The molecule has 36 heavy (non-hydrogen) atoms. The molecule has 0 saturated carbocycles. The molecule has 2 heterocycles. The summed E-state index contributed by atoms with van der Waals surface area (Å²) < 4.78 is 16.6. The summed E-state index contributed by atoms with van der Waals surface area (Å²) in [4.78, 5) is 36.0. The molecular weight excluding hydrogens is 462 g/mol. The highest BCUT2D eigenvalue weighted by Crippen LogP contribution is 2.38. The lowest BCUT2D eigenvalue weighted by molar-refractivity contribution is -0.282. The van der Waals surface area contributed by atoms with Crippen LogP contribution in [0.15, 0.2) is 0 Å². The monoisotopic (exact) mass is 511 g/mol. The second kappa shape index (κ2) is 16.2. The summed E-state index contributed by atoms with van der Waals surface area (Å²) in [6, 6.07) is 0. The first kappa shape index (κ1) is 30.6. The number of rotatable bonds is 20. The second-order valence-corrected chi connectivity index (χ2v) is 10.6. The summed E-state index contributed by atoms with van der Waals surface area (Å²) in [5.41, 5.74) is 5.38. The van der Waals surface area contributed by atoms with Gasteiger partial charge in [0.25, 0.3) is 5.91 Å². The Labute approximate surface area is 217 Å². The molecule has 0 aromatic heterocycles. The van der Waals surface area contributed by atoms with Crippen molar-refractivity contribution in [3.05, 3.63) is 0 Å². The zero-order valence-electron chi connectivity index (χ0n) is 22.5. The number of unbranched alkanes of at least 4 members (excludes halogenated alkanes) is 11. The van der Waals surface area contributed by atoms with Crippen LogP contribution in [0.1, 0.15) is 123 Å². The van der Waals surface area contributed by atoms with Crippen molar-refractivity contribution < 1.29 is 33.7 Å². The molecule has 8 nitrogen and oxygen atoms in total. The van der Waals surface area contributed by atoms with Gasteiger partial charge in [0.05, 0.1) is 18.6 Å². The topological polar surface area (TPSA) is 125 Å². The Balaban J connectivity index is 1.95. The Morgan fingerprint density at radius 3 is 2.11 bits per heavy atom. The van der Waals surface area contributed by atoms with Crippen LogP contribution in [0.3, 0.4) is 0 Å². The Hall–Kier alpha value is -1.67. The molecule has 0 aliphatic carbocycles. The van der Waals surface area contributed by atoms with Gasteiger partial charge in [-0.05, 0) is 31.6 Å². The lowest BCUT2D eigenvalue weighted by atomic mass is 9.80. The molecule has 0 bridgehead atoms. The van der Waals surface area contributed by atoms with E-state index in [4.69, 9.17) is 19.9 Å². The first-order chi connectivity index (χ1) is 17.4.